The van der Waals surface area contributed by atoms with Crippen molar-refractivity contribution in [1.82, 2.24) is 0 Å². The standard InChI is InChI=1S/C15H11F4NO/c1-7-4-3-5-9(6-7)20-15-10(8(2)21)11(16)12(17)13(18)14(15)19/h3-6,20H,1-2H3. The summed E-state index contributed by atoms with van der Waals surface area (Å²) < 4.78 is 54.1. The SMILES string of the molecule is CC(=O)c1c(F)c(F)c(F)c(F)c1Nc1cccc(C)c1. The second kappa shape index (κ2) is 5.55. The maximum Gasteiger partial charge on any atom is 0.199 e. The molecule has 0 saturated heterocycles. The molecule has 6 heteroatoms. The fraction of sp³-hybridized carbons (Fsp3) is 0.133. The van der Waals surface area contributed by atoms with Crippen LogP contribution in [0, 0.1) is 30.2 Å². The van der Waals surface area contributed by atoms with Gasteiger partial charge < -0.3 is 5.32 Å². The largest absolute Gasteiger partial charge is 0.352 e. The van der Waals surface area contributed by atoms with Gasteiger partial charge in [0.15, 0.2) is 29.1 Å². The molecule has 110 valence electrons. The van der Waals surface area contributed by atoms with Gasteiger partial charge in [0.05, 0.1) is 11.3 Å². The molecular formula is C15H11F4NO. The Hall–Kier alpha value is -2.37. The molecule has 1 N–H and O–H groups in total. The van der Waals surface area contributed by atoms with Crippen LogP contribution in [0.4, 0.5) is 28.9 Å². The molecule has 0 unspecified atom stereocenters. The van der Waals surface area contributed by atoms with E-state index in [1.807, 2.05) is 0 Å². The minimum absolute atomic E-state index is 0.321. The number of aryl methyl sites for hydroxylation is 1. The number of anilines is 2. The lowest BCUT2D eigenvalue weighted by Crippen LogP contribution is -2.11. The van der Waals surface area contributed by atoms with Gasteiger partial charge in [-0.25, -0.2) is 17.6 Å². The number of hydrogen-bond donors (Lipinski definition) is 1. The van der Waals surface area contributed by atoms with Crippen LogP contribution in [0.3, 0.4) is 0 Å². The number of carbonyl (C=O) groups is 1. The predicted molar refractivity (Wildman–Crippen MR) is 70.7 cm³/mol. The molecule has 0 amide bonds. The third-order valence-electron chi connectivity index (χ3n) is 2.91. The maximum absolute atomic E-state index is 13.9. The third-order valence-corrected chi connectivity index (χ3v) is 2.91. The van der Waals surface area contributed by atoms with E-state index in [0.29, 0.717) is 5.69 Å². The van der Waals surface area contributed by atoms with E-state index >= 15 is 0 Å². The first-order chi connectivity index (χ1) is 9.82. The van der Waals surface area contributed by atoms with Crippen LogP contribution in [0.15, 0.2) is 24.3 Å². The maximum atomic E-state index is 13.9. The Balaban J connectivity index is 2.64. The van der Waals surface area contributed by atoms with E-state index in [-0.39, 0.29) is 0 Å². The van der Waals surface area contributed by atoms with Crippen LogP contribution in [0.1, 0.15) is 22.8 Å². The van der Waals surface area contributed by atoms with Crippen LogP contribution in [0.25, 0.3) is 0 Å². The number of halogens is 4. The van der Waals surface area contributed by atoms with Crippen molar-refractivity contribution >= 4 is 17.2 Å². The molecule has 0 aromatic heterocycles. The zero-order valence-electron chi connectivity index (χ0n) is 11.2. The Labute approximate surface area is 118 Å². The highest BCUT2D eigenvalue weighted by molar-refractivity contribution is 6.00. The van der Waals surface area contributed by atoms with Crippen LogP contribution in [0.5, 0.6) is 0 Å². The molecule has 2 aromatic carbocycles. The van der Waals surface area contributed by atoms with Crippen molar-refractivity contribution in [3.63, 3.8) is 0 Å². The van der Waals surface area contributed by atoms with Gasteiger partial charge in [0.25, 0.3) is 0 Å². The first kappa shape index (κ1) is 15.0. The first-order valence-corrected chi connectivity index (χ1v) is 6.03. The monoisotopic (exact) mass is 297 g/mol. The second-order valence-electron chi connectivity index (χ2n) is 4.56. The topological polar surface area (TPSA) is 29.1 Å². The Bertz CT molecular complexity index is 728. The van der Waals surface area contributed by atoms with Crippen molar-refractivity contribution in [1.29, 1.82) is 0 Å². The number of rotatable bonds is 3. The summed E-state index contributed by atoms with van der Waals surface area (Å²) in [6, 6.07) is 6.51. The number of benzene rings is 2. The number of hydrogen-bond acceptors (Lipinski definition) is 2. The zero-order valence-corrected chi connectivity index (χ0v) is 11.2. The number of Topliss-reactive ketones (excluding diaryl/α,β-unsaturated/α-hetero) is 1. The van der Waals surface area contributed by atoms with E-state index in [0.717, 1.165) is 12.5 Å². The number of ketones is 1. The summed E-state index contributed by atoms with van der Waals surface area (Å²) in [6.45, 7) is 2.70. The van der Waals surface area contributed by atoms with Gasteiger partial charge in [0.2, 0.25) is 0 Å². The molecule has 0 aliphatic heterocycles. The Morgan fingerprint density at radius 2 is 1.62 bits per heavy atom. The summed E-state index contributed by atoms with van der Waals surface area (Å²) in [7, 11) is 0. The van der Waals surface area contributed by atoms with Crippen LogP contribution >= 0.6 is 0 Å². The molecule has 0 radical (unpaired) electrons. The zero-order chi connectivity index (χ0) is 15.7. The van der Waals surface area contributed by atoms with Crippen molar-refractivity contribution < 1.29 is 22.4 Å². The van der Waals surface area contributed by atoms with E-state index in [1.54, 1.807) is 25.1 Å². The molecule has 0 heterocycles. The highest BCUT2D eigenvalue weighted by Gasteiger charge is 2.27. The van der Waals surface area contributed by atoms with Gasteiger partial charge in [-0.15, -0.1) is 0 Å². The lowest BCUT2D eigenvalue weighted by Gasteiger charge is -2.14. The molecule has 0 spiro atoms. The quantitative estimate of drug-likeness (QED) is 0.391. The molecule has 0 fully saturated rings. The second-order valence-corrected chi connectivity index (χ2v) is 4.56. The fourth-order valence-electron chi connectivity index (χ4n) is 1.95. The lowest BCUT2D eigenvalue weighted by molar-refractivity contribution is 0.101. The van der Waals surface area contributed by atoms with Crippen LogP contribution in [-0.2, 0) is 0 Å². The highest BCUT2D eigenvalue weighted by atomic mass is 19.2. The molecule has 2 nitrogen and oxygen atoms in total. The smallest absolute Gasteiger partial charge is 0.199 e. The number of nitrogens with one attached hydrogen (secondary N) is 1. The van der Waals surface area contributed by atoms with Crippen molar-refractivity contribution in [3.8, 4) is 0 Å². The van der Waals surface area contributed by atoms with Gasteiger partial charge in [0, 0.05) is 5.69 Å². The van der Waals surface area contributed by atoms with Crippen molar-refractivity contribution in [3.05, 3.63) is 58.7 Å². The van der Waals surface area contributed by atoms with Gasteiger partial charge in [-0.05, 0) is 31.5 Å². The van der Waals surface area contributed by atoms with Gasteiger partial charge >= 0.3 is 0 Å². The molecule has 2 rings (SSSR count). The first-order valence-electron chi connectivity index (χ1n) is 6.03. The summed E-state index contributed by atoms with van der Waals surface area (Å²) in [5.74, 6) is -8.24. The van der Waals surface area contributed by atoms with Crippen LogP contribution in [0.2, 0.25) is 0 Å². The summed E-state index contributed by atoms with van der Waals surface area (Å²) in [5, 5.41) is 2.43. The summed E-state index contributed by atoms with van der Waals surface area (Å²) >= 11 is 0. The molecule has 0 aliphatic carbocycles. The summed E-state index contributed by atoms with van der Waals surface area (Å²) in [4.78, 5) is 11.4. The molecule has 2 aromatic rings. The predicted octanol–water partition coefficient (Wildman–Crippen LogP) is 4.50. The van der Waals surface area contributed by atoms with E-state index in [9.17, 15) is 22.4 Å². The summed E-state index contributed by atoms with van der Waals surface area (Å²) in [6.07, 6.45) is 0. The van der Waals surface area contributed by atoms with Crippen molar-refractivity contribution in [2.75, 3.05) is 5.32 Å². The molecular weight excluding hydrogens is 286 g/mol. The fourth-order valence-corrected chi connectivity index (χ4v) is 1.95. The van der Waals surface area contributed by atoms with Gasteiger partial charge in [0.1, 0.15) is 0 Å². The van der Waals surface area contributed by atoms with Gasteiger partial charge in [-0.1, -0.05) is 12.1 Å². The van der Waals surface area contributed by atoms with Crippen molar-refractivity contribution in [2.24, 2.45) is 0 Å². The van der Waals surface area contributed by atoms with E-state index in [1.165, 1.54) is 6.07 Å². The van der Waals surface area contributed by atoms with E-state index < -0.39 is 40.3 Å². The number of carbonyl (C=O) groups excluding carboxylic acids is 1. The third kappa shape index (κ3) is 2.74. The Morgan fingerprint density at radius 1 is 1.00 bits per heavy atom. The van der Waals surface area contributed by atoms with Crippen LogP contribution < -0.4 is 5.32 Å². The normalized spacial score (nSPS) is 10.6. The average Bonchev–Trinajstić information content (AvgIpc) is 2.42. The summed E-state index contributed by atoms with van der Waals surface area (Å²) in [5.41, 5.74) is -0.438. The molecule has 0 atom stereocenters. The minimum atomic E-state index is -2.01. The minimum Gasteiger partial charge on any atom is -0.352 e. The lowest BCUT2D eigenvalue weighted by atomic mass is 10.1. The van der Waals surface area contributed by atoms with E-state index in [4.69, 9.17) is 0 Å². The molecule has 0 aliphatic rings. The van der Waals surface area contributed by atoms with Gasteiger partial charge in [-0.3, -0.25) is 4.79 Å². The molecule has 0 saturated carbocycles. The Morgan fingerprint density at radius 3 is 2.19 bits per heavy atom. The van der Waals surface area contributed by atoms with Crippen molar-refractivity contribution in [2.45, 2.75) is 13.8 Å². The highest BCUT2D eigenvalue weighted by Crippen LogP contribution is 2.31. The van der Waals surface area contributed by atoms with Crippen LogP contribution in [-0.4, -0.2) is 5.78 Å². The average molecular weight is 297 g/mol. The molecule has 21 heavy (non-hydrogen) atoms. The van der Waals surface area contributed by atoms with Gasteiger partial charge in [-0.2, -0.15) is 0 Å². The Kier molecular flexibility index (Phi) is 3.97. The molecule has 0 bridgehead atoms. The van der Waals surface area contributed by atoms with E-state index in [2.05, 4.69) is 5.32 Å².